The first-order valence-electron chi connectivity index (χ1n) is 9.08. The van der Waals surface area contributed by atoms with Gasteiger partial charge >= 0.3 is 0 Å². The lowest BCUT2D eigenvalue weighted by atomic mass is 9.93. The van der Waals surface area contributed by atoms with Crippen LogP contribution in [0.15, 0.2) is 41.6 Å². The van der Waals surface area contributed by atoms with E-state index in [4.69, 9.17) is 0 Å². The number of hydrogen-bond donors (Lipinski definition) is 1. The maximum Gasteiger partial charge on any atom is 0.250 e. The maximum absolute atomic E-state index is 12.6. The second kappa shape index (κ2) is 8.60. The van der Waals surface area contributed by atoms with Gasteiger partial charge in [0.05, 0.1) is 5.69 Å². The normalized spacial score (nSPS) is 17.1. The van der Waals surface area contributed by atoms with Crippen molar-refractivity contribution in [1.82, 2.24) is 19.4 Å². The minimum atomic E-state index is -0.0703. The van der Waals surface area contributed by atoms with Crippen LogP contribution in [0.4, 0.5) is 5.82 Å². The molecule has 0 aromatic carbocycles. The third-order valence-electron chi connectivity index (χ3n) is 4.83. The van der Waals surface area contributed by atoms with Crippen LogP contribution in [0.2, 0.25) is 0 Å². The van der Waals surface area contributed by atoms with Gasteiger partial charge in [-0.3, -0.25) is 14.6 Å². The number of nitrogens with zero attached hydrogens (tertiary/aromatic N) is 4. The fourth-order valence-corrected chi connectivity index (χ4v) is 3.48. The molecule has 1 amide bonds. The number of anilines is 1. The Morgan fingerprint density at radius 3 is 2.96 bits per heavy atom. The number of aryl methyl sites for hydroxylation is 1. The van der Waals surface area contributed by atoms with Gasteiger partial charge in [-0.2, -0.15) is 0 Å². The van der Waals surface area contributed by atoms with Crippen molar-refractivity contribution in [2.24, 2.45) is 5.92 Å². The molecule has 7 nitrogen and oxygen atoms in total. The highest BCUT2D eigenvalue weighted by Crippen LogP contribution is 2.23. The van der Waals surface area contributed by atoms with E-state index in [-0.39, 0.29) is 11.5 Å². The topological polar surface area (TPSA) is 80.1 Å². The molecule has 1 unspecified atom stereocenters. The van der Waals surface area contributed by atoms with Crippen molar-refractivity contribution in [1.29, 1.82) is 0 Å². The molecule has 2 aromatic rings. The summed E-state index contributed by atoms with van der Waals surface area (Å²) in [5, 5.41) is 3.08. The first-order valence-corrected chi connectivity index (χ1v) is 9.08. The third-order valence-corrected chi connectivity index (χ3v) is 4.83. The summed E-state index contributed by atoms with van der Waals surface area (Å²) >= 11 is 0. The summed E-state index contributed by atoms with van der Waals surface area (Å²) in [6, 6.07) is 5.03. The number of rotatable bonds is 6. The average Bonchev–Trinajstić information content (AvgIpc) is 2.68. The van der Waals surface area contributed by atoms with Crippen LogP contribution < -0.4 is 10.9 Å². The van der Waals surface area contributed by atoms with Crippen LogP contribution in [0.5, 0.6) is 0 Å². The van der Waals surface area contributed by atoms with Crippen LogP contribution in [-0.4, -0.2) is 45.5 Å². The Labute approximate surface area is 153 Å². The fraction of sp³-hybridized carbons (Fsp3) is 0.474. The number of likely N-dealkylation sites (tertiary alicyclic amines) is 1. The van der Waals surface area contributed by atoms with E-state index in [0.717, 1.165) is 43.9 Å². The van der Waals surface area contributed by atoms with Crippen LogP contribution in [0.3, 0.4) is 0 Å². The molecule has 1 atom stereocenters. The lowest BCUT2D eigenvalue weighted by Gasteiger charge is -2.33. The first kappa shape index (κ1) is 18.1. The molecule has 1 N–H and O–H groups in total. The number of carbonyl (C=O) groups is 1. The van der Waals surface area contributed by atoms with E-state index < -0.39 is 0 Å². The van der Waals surface area contributed by atoms with E-state index in [2.05, 4.69) is 15.3 Å². The van der Waals surface area contributed by atoms with Crippen molar-refractivity contribution in [2.45, 2.75) is 32.2 Å². The lowest BCUT2D eigenvalue weighted by molar-refractivity contribution is -0.133. The third kappa shape index (κ3) is 4.47. The zero-order valence-electron chi connectivity index (χ0n) is 15.1. The predicted molar refractivity (Wildman–Crippen MR) is 99.9 cm³/mol. The first-order chi connectivity index (χ1) is 12.7. The Morgan fingerprint density at radius 1 is 1.31 bits per heavy atom. The zero-order chi connectivity index (χ0) is 18.4. The number of carbonyl (C=O) groups excluding carboxylic acids is 1. The van der Waals surface area contributed by atoms with Gasteiger partial charge in [0, 0.05) is 57.8 Å². The molecule has 1 fully saturated rings. The van der Waals surface area contributed by atoms with E-state index in [1.165, 1.54) is 6.07 Å². The van der Waals surface area contributed by atoms with Gasteiger partial charge in [0.25, 0.3) is 5.56 Å². The minimum absolute atomic E-state index is 0.0703. The molecule has 3 rings (SSSR count). The Balaban J connectivity index is 1.56. The molecule has 2 aromatic heterocycles. The van der Waals surface area contributed by atoms with Crippen molar-refractivity contribution in [3.63, 3.8) is 0 Å². The Kier molecular flexibility index (Phi) is 5.99. The van der Waals surface area contributed by atoms with Gasteiger partial charge in [0.15, 0.2) is 0 Å². The van der Waals surface area contributed by atoms with Gasteiger partial charge in [0.2, 0.25) is 5.91 Å². The standard InChI is InChI=1S/C19H25N5O2/c1-20-19-16(21-8-9-22-19)13-15-5-4-11-24(14-15)18(26)7-12-23-10-3-2-6-17(23)25/h2-3,6,8-10,15H,4-5,7,11-14H2,1H3,(H,20,22). The largest absolute Gasteiger partial charge is 0.372 e. The number of aromatic nitrogens is 3. The van der Waals surface area contributed by atoms with Crippen LogP contribution >= 0.6 is 0 Å². The lowest BCUT2D eigenvalue weighted by Crippen LogP contribution is -2.41. The molecule has 0 aliphatic carbocycles. The Hall–Kier alpha value is -2.70. The van der Waals surface area contributed by atoms with Crippen LogP contribution in [0, 0.1) is 5.92 Å². The van der Waals surface area contributed by atoms with Gasteiger partial charge in [0.1, 0.15) is 5.82 Å². The molecular formula is C19H25N5O2. The minimum Gasteiger partial charge on any atom is -0.372 e. The zero-order valence-corrected chi connectivity index (χ0v) is 15.1. The molecule has 0 bridgehead atoms. The summed E-state index contributed by atoms with van der Waals surface area (Å²) in [5.74, 6) is 1.30. The molecule has 26 heavy (non-hydrogen) atoms. The molecule has 1 saturated heterocycles. The van der Waals surface area contributed by atoms with Gasteiger partial charge in [-0.1, -0.05) is 6.07 Å². The van der Waals surface area contributed by atoms with Crippen molar-refractivity contribution < 1.29 is 4.79 Å². The van der Waals surface area contributed by atoms with E-state index in [0.29, 0.717) is 18.9 Å². The van der Waals surface area contributed by atoms with Crippen molar-refractivity contribution in [2.75, 3.05) is 25.5 Å². The molecule has 1 aliphatic heterocycles. The van der Waals surface area contributed by atoms with Gasteiger partial charge < -0.3 is 14.8 Å². The van der Waals surface area contributed by atoms with Gasteiger partial charge in [-0.25, -0.2) is 4.98 Å². The fourth-order valence-electron chi connectivity index (χ4n) is 3.48. The molecule has 138 valence electrons. The molecule has 7 heteroatoms. The second-order valence-electron chi connectivity index (χ2n) is 6.64. The quantitative estimate of drug-likeness (QED) is 0.850. The molecule has 1 aliphatic rings. The monoisotopic (exact) mass is 355 g/mol. The number of nitrogens with one attached hydrogen (secondary N) is 1. The molecule has 0 spiro atoms. The highest BCUT2D eigenvalue weighted by Gasteiger charge is 2.24. The maximum atomic E-state index is 12.6. The summed E-state index contributed by atoms with van der Waals surface area (Å²) in [6.07, 6.45) is 8.35. The van der Waals surface area contributed by atoms with Gasteiger partial charge in [-0.05, 0) is 31.2 Å². The number of amides is 1. The van der Waals surface area contributed by atoms with E-state index in [1.807, 2.05) is 18.0 Å². The summed E-state index contributed by atoms with van der Waals surface area (Å²) in [5.41, 5.74) is 0.879. The van der Waals surface area contributed by atoms with E-state index in [9.17, 15) is 9.59 Å². The highest BCUT2D eigenvalue weighted by molar-refractivity contribution is 5.76. The SMILES string of the molecule is CNc1nccnc1CC1CCCN(C(=O)CCn2ccccc2=O)C1. The van der Waals surface area contributed by atoms with E-state index in [1.54, 1.807) is 29.2 Å². The number of hydrogen-bond acceptors (Lipinski definition) is 5. The second-order valence-corrected chi connectivity index (χ2v) is 6.64. The Morgan fingerprint density at radius 2 is 2.15 bits per heavy atom. The highest BCUT2D eigenvalue weighted by atomic mass is 16.2. The molecule has 0 saturated carbocycles. The smallest absolute Gasteiger partial charge is 0.250 e. The van der Waals surface area contributed by atoms with Crippen molar-refractivity contribution >= 4 is 11.7 Å². The average molecular weight is 355 g/mol. The summed E-state index contributed by atoms with van der Waals surface area (Å²) in [4.78, 5) is 35.0. The molecular weight excluding hydrogens is 330 g/mol. The van der Waals surface area contributed by atoms with Gasteiger partial charge in [-0.15, -0.1) is 0 Å². The van der Waals surface area contributed by atoms with Crippen LogP contribution in [-0.2, 0) is 17.8 Å². The Bertz CT molecular complexity index is 804. The number of piperidine rings is 1. The van der Waals surface area contributed by atoms with Crippen molar-refractivity contribution in [3.8, 4) is 0 Å². The predicted octanol–water partition coefficient (Wildman–Crippen LogP) is 1.55. The number of pyridine rings is 1. The summed E-state index contributed by atoms with van der Waals surface area (Å²) in [6.45, 7) is 1.95. The van der Waals surface area contributed by atoms with E-state index >= 15 is 0 Å². The van der Waals surface area contributed by atoms with Crippen LogP contribution in [0.25, 0.3) is 0 Å². The molecule has 3 heterocycles. The van der Waals surface area contributed by atoms with Crippen LogP contribution in [0.1, 0.15) is 25.0 Å². The summed E-state index contributed by atoms with van der Waals surface area (Å²) < 4.78 is 1.58. The molecule has 0 radical (unpaired) electrons. The summed E-state index contributed by atoms with van der Waals surface area (Å²) in [7, 11) is 1.84. The van der Waals surface area contributed by atoms with Crippen molar-refractivity contribution in [3.05, 3.63) is 52.8 Å².